The Balaban J connectivity index is 1.90. The summed E-state index contributed by atoms with van der Waals surface area (Å²) in [7, 11) is 1.54. The molecule has 0 aliphatic carbocycles. The number of carbonyl (C=O) groups excluding carboxylic acids is 2. The molecule has 5 nitrogen and oxygen atoms in total. The number of aryl methyl sites for hydroxylation is 2. The number of benzene rings is 2. The Hall–Kier alpha value is -2.53. The number of carbonyl (C=O) groups is 2. The quantitative estimate of drug-likeness (QED) is 0.797. The third kappa shape index (κ3) is 5.50. The summed E-state index contributed by atoms with van der Waals surface area (Å²) >= 11 is 5.91. The summed E-state index contributed by atoms with van der Waals surface area (Å²) in [6.07, 6.45) is 0.0360. The lowest BCUT2D eigenvalue weighted by atomic mass is 10.1. The van der Waals surface area contributed by atoms with Crippen molar-refractivity contribution in [1.82, 2.24) is 0 Å². The Labute approximate surface area is 151 Å². The van der Waals surface area contributed by atoms with Crippen molar-refractivity contribution in [1.29, 1.82) is 0 Å². The topological polar surface area (TPSA) is 64.6 Å². The Morgan fingerprint density at radius 2 is 1.88 bits per heavy atom. The second kappa shape index (κ2) is 8.53. The number of hydrogen-bond acceptors (Lipinski definition) is 4. The van der Waals surface area contributed by atoms with Crippen LogP contribution in [0.3, 0.4) is 0 Å². The number of halogens is 1. The van der Waals surface area contributed by atoms with Crippen molar-refractivity contribution in [3.05, 3.63) is 58.1 Å². The molecule has 0 radical (unpaired) electrons. The van der Waals surface area contributed by atoms with Gasteiger partial charge in [0.25, 0.3) is 5.91 Å². The van der Waals surface area contributed by atoms with Gasteiger partial charge in [0.1, 0.15) is 5.75 Å². The molecule has 6 heteroatoms. The highest BCUT2D eigenvalue weighted by Gasteiger charge is 2.13. The molecule has 0 saturated heterocycles. The smallest absolute Gasteiger partial charge is 0.310 e. The minimum atomic E-state index is -0.498. The normalized spacial score (nSPS) is 10.2. The van der Waals surface area contributed by atoms with E-state index in [4.69, 9.17) is 21.1 Å². The van der Waals surface area contributed by atoms with Crippen LogP contribution in [0, 0.1) is 13.8 Å². The van der Waals surface area contributed by atoms with Gasteiger partial charge in [-0.15, -0.1) is 0 Å². The van der Waals surface area contributed by atoms with E-state index in [2.05, 4.69) is 5.32 Å². The fourth-order valence-corrected chi connectivity index (χ4v) is 2.49. The molecule has 1 N–H and O–H groups in total. The second-order valence-electron chi connectivity index (χ2n) is 5.66. The van der Waals surface area contributed by atoms with Gasteiger partial charge in [-0.3, -0.25) is 9.59 Å². The first-order valence-corrected chi connectivity index (χ1v) is 8.12. The fraction of sp³-hybridized carbons (Fsp3) is 0.263. The third-order valence-corrected chi connectivity index (χ3v) is 3.84. The van der Waals surface area contributed by atoms with Crippen molar-refractivity contribution in [2.24, 2.45) is 0 Å². The molecule has 2 aromatic carbocycles. The van der Waals surface area contributed by atoms with Crippen LogP contribution in [0.25, 0.3) is 0 Å². The summed E-state index contributed by atoms with van der Waals surface area (Å²) in [5, 5.41) is 3.19. The maximum Gasteiger partial charge on any atom is 0.310 e. The number of anilines is 1. The standard InChI is InChI=1S/C19H20ClNO4/c1-12-4-7-17(24-3)14(8-12)9-19(23)25-11-18(22)21-16-10-15(20)6-5-13(16)2/h4-8,10H,9,11H2,1-3H3,(H,21,22). The van der Waals surface area contributed by atoms with Crippen molar-refractivity contribution in [3.63, 3.8) is 0 Å². The lowest BCUT2D eigenvalue weighted by molar-refractivity contribution is -0.146. The van der Waals surface area contributed by atoms with Crippen LogP contribution < -0.4 is 10.1 Å². The number of esters is 1. The molecule has 0 aromatic heterocycles. The van der Waals surface area contributed by atoms with Crippen molar-refractivity contribution < 1.29 is 19.1 Å². The average Bonchev–Trinajstić information content (AvgIpc) is 2.56. The van der Waals surface area contributed by atoms with Crippen LogP contribution in [-0.2, 0) is 20.7 Å². The summed E-state index contributed by atoms with van der Waals surface area (Å²) in [6, 6.07) is 10.7. The van der Waals surface area contributed by atoms with E-state index < -0.39 is 11.9 Å². The molecule has 2 aromatic rings. The molecule has 0 unspecified atom stereocenters. The zero-order chi connectivity index (χ0) is 18.4. The van der Waals surface area contributed by atoms with Gasteiger partial charge in [0.15, 0.2) is 6.61 Å². The summed E-state index contributed by atoms with van der Waals surface area (Å²) in [4.78, 5) is 23.9. The monoisotopic (exact) mass is 361 g/mol. The van der Waals surface area contributed by atoms with Crippen LogP contribution in [0.5, 0.6) is 5.75 Å². The van der Waals surface area contributed by atoms with Crippen LogP contribution >= 0.6 is 11.6 Å². The van der Waals surface area contributed by atoms with Crippen LogP contribution in [0.1, 0.15) is 16.7 Å². The molecule has 25 heavy (non-hydrogen) atoms. The maximum absolute atomic E-state index is 12.0. The number of nitrogens with one attached hydrogen (secondary N) is 1. The maximum atomic E-state index is 12.0. The molecule has 0 aliphatic heterocycles. The lowest BCUT2D eigenvalue weighted by Crippen LogP contribution is -2.22. The van der Waals surface area contributed by atoms with Gasteiger partial charge in [0.05, 0.1) is 13.5 Å². The van der Waals surface area contributed by atoms with E-state index in [1.807, 2.05) is 26.0 Å². The summed E-state index contributed by atoms with van der Waals surface area (Å²) in [6.45, 7) is 3.41. The van der Waals surface area contributed by atoms with Crippen molar-refractivity contribution in [3.8, 4) is 5.75 Å². The van der Waals surface area contributed by atoms with Gasteiger partial charge in [-0.1, -0.05) is 35.4 Å². The van der Waals surface area contributed by atoms with Gasteiger partial charge in [0, 0.05) is 16.3 Å². The molecule has 0 heterocycles. The molecule has 0 aliphatic rings. The van der Waals surface area contributed by atoms with E-state index in [0.717, 1.165) is 16.7 Å². The highest BCUT2D eigenvalue weighted by Crippen LogP contribution is 2.21. The van der Waals surface area contributed by atoms with Crippen LogP contribution in [0.2, 0.25) is 5.02 Å². The van der Waals surface area contributed by atoms with E-state index in [1.54, 1.807) is 31.4 Å². The molecule has 0 fully saturated rings. The van der Waals surface area contributed by atoms with Gasteiger partial charge in [-0.2, -0.15) is 0 Å². The Kier molecular flexibility index (Phi) is 6.42. The molecule has 1 amide bonds. The Bertz CT molecular complexity index is 789. The van der Waals surface area contributed by atoms with Gasteiger partial charge < -0.3 is 14.8 Å². The first-order valence-electron chi connectivity index (χ1n) is 7.74. The first kappa shape index (κ1) is 18.8. The Morgan fingerprint density at radius 1 is 1.12 bits per heavy atom. The molecule has 0 saturated carbocycles. The van der Waals surface area contributed by atoms with Gasteiger partial charge in [-0.05, 0) is 37.6 Å². The van der Waals surface area contributed by atoms with E-state index in [-0.39, 0.29) is 13.0 Å². The summed E-state index contributed by atoms with van der Waals surface area (Å²) < 4.78 is 10.3. The van der Waals surface area contributed by atoms with Crippen LogP contribution in [0.4, 0.5) is 5.69 Å². The molecule has 0 spiro atoms. The number of hydrogen-bond donors (Lipinski definition) is 1. The van der Waals surface area contributed by atoms with Crippen LogP contribution in [0.15, 0.2) is 36.4 Å². The van der Waals surface area contributed by atoms with E-state index in [9.17, 15) is 9.59 Å². The predicted molar refractivity (Wildman–Crippen MR) is 97.2 cm³/mol. The predicted octanol–water partition coefficient (Wildman–Crippen LogP) is 3.69. The fourth-order valence-electron chi connectivity index (χ4n) is 2.31. The summed E-state index contributed by atoms with van der Waals surface area (Å²) in [5.74, 6) is -0.307. The molecule has 0 atom stereocenters. The molecular weight excluding hydrogens is 342 g/mol. The highest BCUT2D eigenvalue weighted by molar-refractivity contribution is 6.31. The average molecular weight is 362 g/mol. The molecular formula is C19H20ClNO4. The number of amides is 1. The van der Waals surface area contributed by atoms with Gasteiger partial charge in [0.2, 0.25) is 0 Å². The minimum absolute atomic E-state index is 0.0360. The van der Waals surface area contributed by atoms with Crippen molar-refractivity contribution >= 4 is 29.2 Å². The van der Waals surface area contributed by atoms with Crippen molar-refractivity contribution in [2.45, 2.75) is 20.3 Å². The van der Waals surface area contributed by atoms with E-state index in [0.29, 0.717) is 16.5 Å². The van der Waals surface area contributed by atoms with Gasteiger partial charge in [-0.25, -0.2) is 0 Å². The molecule has 0 bridgehead atoms. The summed E-state index contributed by atoms with van der Waals surface area (Å²) in [5.41, 5.74) is 3.19. The zero-order valence-electron chi connectivity index (χ0n) is 14.4. The largest absolute Gasteiger partial charge is 0.496 e. The number of ether oxygens (including phenoxy) is 2. The first-order chi connectivity index (χ1) is 11.9. The molecule has 132 valence electrons. The zero-order valence-corrected chi connectivity index (χ0v) is 15.1. The minimum Gasteiger partial charge on any atom is -0.496 e. The second-order valence-corrected chi connectivity index (χ2v) is 6.10. The van der Waals surface area contributed by atoms with E-state index in [1.165, 1.54) is 0 Å². The van der Waals surface area contributed by atoms with Crippen LogP contribution in [-0.4, -0.2) is 25.6 Å². The number of rotatable bonds is 6. The SMILES string of the molecule is COc1ccc(C)cc1CC(=O)OCC(=O)Nc1cc(Cl)ccc1C. The molecule has 2 rings (SSSR count). The van der Waals surface area contributed by atoms with Gasteiger partial charge >= 0.3 is 5.97 Å². The lowest BCUT2D eigenvalue weighted by Gasteiger charge is -2.11. The van der Waals surface area contributed by atoms with Crippen molar-refractivity contribution in [2.75, 3.05) is 19.0 Å². The Morgan fingerprint density at radius 3 is 2.60 bits per heavy atom. The highest BCUT2D eigenvalue weighted by atomic mass is 35.5. The number of methoxy groups -OCH3 is 1. The van der Waals surface area contributed by atoms with E-state index >= 15 is 0 Å². The third-order valence-electron chi connectivity index (χ3n) is 3.61.